The Morgan fingerprint density at radius 1 is 0.491 bits per heavy atom. The maximum Gasteiger partial charge on any atom is 0.306 e. The van der Waals surface area contributed by atoms with E-state index in [4.69, 9.17) is 20.2 Å². The molecule has 0 saturated carbocycles. The third kappa shape index (κ3) is 39.0. The van der Waals surface area contributed by atoms with Gasteiger partial charge < -0.3 is 19.2 Å². The number of nitrogens with zero attached hydrogens (tertiary/aromatic N) is 2. The molecule has 326 valence electrons. The summed E-state index contributed by atoms with van der Waals surface area (Å²) < 4.78 is 11.5. The molecule has 0 fully saturated rings. The minimum atomic E-state index is -0.0324. The number of rotatable bonds is 43. The van der Waals surface area contributed by atoms with Gasteiger partial charge in [0.2, 0.25) is 5.90 Å². The van der Waals surface area contributed by atoms with Crippen LogP contribution in [0.1, 0.15) is 246 Å². The van der Waals surface area contributed by atoms with Crippen LogP contribution in [-0.2, 0) is 23.9 Å². The molecule has 8 nitrogen and oxygen atoms in total. The third-order valence-corrected chi connectivity index (χ3v) is 10.9. The van der Waals surface area contributed by atoms with Crippen LogP contribution in [-0.4, -0.2) is 61.6 Å². The standard InChI is InChI=1S/C47H93N3O5/c1-5-9-12-15-18-27-34-43-53-46(51)37-30-23-19-25-32-40-50(42-39-45(55-48)49-8-4)41-33-26-20-24-31-38-47(52)54-44(35-28-21-16-13-10-6-2)36-29-22-17-14-11-7-3/h44H,5-43,48H2,1-4H3/b49-45-. The van der Waals surface area contributed by atoms with Gasteiger partial charge in [-0.2, -0.15) is 5.90 Å². The van der Waals surface area contributed by atoms with Gasteiger partial charge in [-0.1, -0.05) is 162 Å². The molecule has 0 aromatic carbocycles. The SMILES string of the molecule is CCCCCCCCCOC(=O)CCCCCCCN(CCCCCCCC(=O)OC(CCCCCCCC)CCCCCCCC)CC/C(=N/CC)ON. The van der Waals surface area contributed by atoms with Gasteiger partial charge in [0.15, 0.2) is 0 Å². The lowest BCUT2D eigenvalue weighted by atomic mass is 10.0. The zero-order valence-corrected chi connectivity index (χ0v) is 37.2. The number of aliphatic imine (C=N–C) groups is 1. The Morgan fingerprint density at radius 2 is 0.909 bits per heavy atom. The summed E-state index contributed by atoms with van der Waals surface area (Å²) in [7, 11) is 0. The highest BCUT2D eigenvalue weighted by atomic mass is 16.6. The van der Waals surface area contributed by atoms with E-state index in [1.807, 2.05) is 6.92 Å². The second kappa shape index (κ2) is 43.5. The van der Waals surface area contributed by atoms with Gasteiger partial charge in [-0.05, 0) is 77.8 Å². The van der Waals surface area contributed by atoms with Crippen molar-refractivity contribution < 1.29 is 23.9 Å². The summed E-state index contributed by atoms with van der Waals surface area (Å²) >= 11 is 0. The largest absolute Gasteiger partial charge is 0.466 e. The van der Waals surface area contributed by atoms with E-state index >= 15 is 0 Å². The van der Waals surface area contributed by atoms with Gasteiger partial charge in [0, 0.05) is 32.4 Å². The number of esters is 2. The lowest BCUT2D eigenvalue weighted by molar-refractivity contribution is -0.150. The molecule has 0 aliphatic heterocycles. The van der Waals surface area contributed by atoms with Gasteiger partial charge in [0.25, 0.3) is 0 Å². The minimum absolute atomic E-state index is 0.0125. The molecule has 0 bridgehead atoms. The molecule has 0 aromatic rings. The van der Waals surface area contributed by atoms with Gasteiger partial charge in [-0.15, -0.1) is 0 Å². The zero-order chi connectivity index (χ0) is 40.3. The summed E-state index contributed by atoms with van der Waals surface area (Å²) in [4.78, 5) is 36.8. The first-order valence-corrected chi connectivity index (χ1v) is 24.0. The Kier molecular flexibility index (Phi) is 42.1. The van der Waals surface area contributed by atoms with E-state index in [1.165, 1.54) is 122 Å². The van der Waals surface area contributed by atoms with E-state index in [9.17, 15) is 9.59 Å². The van der Waals surface area contributed by atoms with Crippen molar-refractivity contribution in [3.63, 3.8) is 0 Å². The van der Waals surface area contributed by atoms with Crippen LogP contribution >= 0.6 is 0 Å². The quantitative estimate of drug-likeness (QED) is 0.0216. The molecular weight excluding hydrogens is 687 g/mol. The van der Waals surface area contributed by atoms with Gasteiger partial charge in [-0.25, -0.2) is 0 Å². The molecule has 0 aliphatic carbocycles. The molecule has 0 heterocycles. The Labute approximate surface area is 341 Å². The molecule has 2 N–H and O–H groups in total. The number of carbonyl (C=O) groups is 2. The lowest BCUT2D eigenvalue weighted by Gasteiger charge is -2.22. The Bertz CT molecular complexity index is 838. The molecule has 0 atom stereocenters. The highest BCUT2D eigenvalue weighted by Gasteiger charge is 2.15. The van der Waals surface area contributed by atoms with Crippen LogP contribution in [0.25, 0.3) is 0 Å². The Balaban J connectivity index is 4.34. The fraction of sp³-hybridized carbons (Fsp3) is 0.936. The van der Waals surface area contributed by atoms with Crippen molar-refractivity contribution in [3.05, 3.63) is 0 Å². The normalized spacial score (nSPS) is 11.9. The van der Waals surface area contributed by atoms with Crippen LogP contribution in [0.5, 0.6) is 0 Å². The maximum absolute atomic E-state index is 12.8. The van der Waals surface area contributed by atoms with E-state index in [0.29, 0.717) is 31.9 Å². The summed E-state index contributed by atoms with van der Waals surface area (Å²) in [5.41, 5.74) is 0. The summed E-state index contributed by atoms with van der Waals surface area (Å²) in [5, 5.41) is 0. The molecule has 0 rings (SSSR count). The topological polar surface area (TPSA) is 103 Å². The second-order valence-electron chi connectivity index (χ2n) is 16.2. The van der Waals surface area contributed by atoms with E-state index in [-0.39, 0.29) is 18.0 Å². The number of hydrogen-bond donors (Lipinski definition) is 1. The molecule has 0 radical (unpaired) electrons. The predicted molar refractivity (Wildman–Crippen MR) is 235 cm³/mol. The van der Waals surface area contributed by atoms with Crippen molar-refractivity contribution in [1.82, 2.24) is 4.90 Å². The number of ether oxygens (including phenoxy) is 2. The highest BCUT2D eigenvalue weighted by Crippen LogP contribution is 2.19. The van der Waals surface area contributed by atoms with Crippen LogP contribution in [0.3, 0.4) is 0 Å². The summed E-state index contributed by atoms with van der Waals surface area (Å²) in [6, 6.07) is 0. The first-order chi connectivity index (χ1) is 27.0. The summed E-state index contributed by atoms with van der Waals surface area (Å²) in [5.74, 6) is 6.08. The molecular formula is C47H93N3O5. The summed E-state index contributed by atoms with van der Waals surface area (Å²) in [6.45, 7) is 13.0. The molecule has 0 aromatic heterocycles. The van der Waals surface area contributed by atoms with Gasteiger partial charge in [0.05, 0.1) is 6.61 Å². The third-order valence-electron chi connectivity index (χ3n) is 10.9. The maximum atomic E-state index is 12.8. The fourth-order valence-electron chi connectivity index (χ4n) is 7.34. The molecule has 55 heavy (non-hydrogen) atoms. The first kappa shape index (κ1) is 53.3. The fourth-order valence-corrected chi connectivity index (χ4v) is 7.34. The van der Waals surface area contributed by atoms with Crippen molar-refractivity contribution in [3.8, 4) is 0 Å². The molecule has 0 saturated heterocycles. The van der Waals surface area contributed by atoms with Crippen molar-refractivity contribution in [2.75, 3.05) is 32.8 Å². The molecule has 0 amide bonds. The van der Waals surface area contributed by atoms with E-state index in [0.717, 1.165) is 103 Å². The lowest BCUT2D eigenvalue weighted by Crippen LogP contribution is -2.29. The molecule has 0 spiro atoms. The number of carbonyl (C=O) groups excluding carboxylic acids is 2. The van der Waals surface area contributed by atoms with E-state index < -0.39 is 0 Å². The van der Waals surface area contributed by atoms with Crippen molar-refractivity contribution in [2.45, 2.75) is 252 Å². The number of hydrogen-bond acceptors (Lipinski definition) is 8. The second-order valence-corrected chi connectivity index (χ2v) is 16.2. The van der Waals surface area contributed by atoms with Gasteiger partial charge in [-0.3, -0.25) is 14.6 Å². The zero-order valence-electron chi connectivity index (χ0n) is 37.2. The average molecular weight is 780 g/mol. The van der Waals surface area contributed by atoms with Crippen molar-refractivity contribution in [1.29, 1.82) is 0 Å². The summed E-state index contributed by atoms with van der Waals surface area (Å²) in [6.07, 6.45) is 38.9. The van der Waals surface area contributed by atoms with Crippen LogP contribution < -0.4 is 5.90 Å². The smallest absolute Gasteiger partial charge is 0.306 e. The van der Waals surface area contributed by atoms with Gasteiger partial charge >= 0.3 is 11.9 Å². The average Bonchev–Trinajstić information content (AvgIpc) is 3.18. The molecule has 0 aliphatic rings. The van der Waals surface area contributed by atoms with E-state index in [2.05, 4.69) is 30.7 Å². The number of nitrogens with two attached hydrogens (primary N) is 1. The minimum Gasteiger partial charge on any atom is -0.466 e. The van der Waals surface area contributed by atoms with Crippen LogP contribution in [0.4, 0.5) is 0 Å². The monoisotopic (exact) mass is 780 g/mol. The highest BCUT2D eigenvalue weighted by molar-refractivity contribution is 5.75. The van der Waals surface area contributed by atoms with Crippen molar-refractivity contribution in [2.24, 2.45) is 10.9 Å². The Morgan fingerprint density at radius 3 is 1.38 bits per heavy atom. The van der Waals surface area contributed by atoms with Crippen LogP contribution in [0.2, 0.25) is 0 Å². The first-order valence-electron chi connectivity index (χ1n) is 24.0. The van der Waals surface area contributed by atoms with E-state index in [1.54, 1.807) is 0 Å². The van der Waals surface area contributed by atoms with Gasteiger partial charge in [0.1, 0.15) is 6.10 Å². The van der Waals surface area contributed by atoms with Crippen LogP contribution in [0, 0.1) is 0 Å². The van der Waals surface area contributed by atoms with Crippen LogP contribution in [0.15, 0.2) is 4.99 Å². The predicted octanol–water partition coefficient (Wildman–Crippen LogP) is 13.4. The van der Waals surface area contributed by atoms with Crippen molar-refractivity contribution >= 4 is 17.8 Å². The molecule has 8 heteroatoms. The molecule has 0 unspecified atom stereocenters. The Hall–Kier alpha value is -1.67. The number of unbranched alkanes of at least 4 members (excludes halogenated alkanes) is 24.